The monoisotopic (exact) mass is 290 g/mol. The van der Waals surface area contributed by atoms with E-state index in [-0.39, 0.29) is 0 Å². The zero-order valence-corrected chi connectivity index (χ0v) is 10.2. The minimum Gasteiger partial charge on any atom is -0.376 e. The van der Waals surface area contributed by atoms with Gasteiger partial charge in [0.15, 0.2) is 0 Å². The average molecular weight is 290 g/mol. The van der Waals surface area contributed by atoms with Crippen LogP contribution in [-0.2, 0) is 11.3 Å². The summed E-state index contributed by atoms with van der Waals surface area (Å²) in [4.78, 5) is 0. The highest BCUT2D eigenvalue weighted by atomic mass is 127. The topological polar surface area (TPSA) is 9.23 Å². The van der Waals surface area contributed by atoms with Gasteiger partial charge in [-0.25, -0.2) is 0 Å². The molecule has 13 heavy (non-hydrogen) atoms. The summed E-state index contributed by atoms with van der Waals surface area (Å²) in [6, 6.07) is 8.32. The molecule has 0 amide bonds. The van der Waals surface area contributed by atoms with Gasteiger partial charge in [0.05, 0.1) is 6.61 Å². The predicted octanol–water partition coefficient (Wildman–Crippen LogP) is 3.46. The van der Waals surface area contributed by atoms with E-state index in [1.165, 1.54) is 9.13 Å². The maximum Gasteiger partial charge on any atom is 0.0727 e. The number of hydrogen-bond donors (Lipinski definition) is 0. The molecule has 72 valence electrons. The third kappa shape index (κ3) is 4.09. The van der Waals surface area contributed by atoms with Crippen molar-refractivity contribution in [3.05, 3.63) is 33.4 Å². The van der Waals surface area contributed by atoms with Crippen LogP contribution in [0.2, 0.25) is 0 Å². The second-order valence-corrected chi connectivity index (χ2v) is 4.66. The first kappa shape index (κ1) is 11.0. The van der Waals surface area contributed by atoms with Gasteiger partial charge in [-0.3, -0.25) is 0 Å². The summed E-state index contributed by atoms with van der Waals surface area (Å²) < 4.78 is 6.84. The fourth-order valence-electron chi connectivity index (χ4n) is 1.02. The van der Waals surface area contributed by atoms with Crippen molar-refractivity contribution in [2.75, 3.05) is 6.61 Å². The lowest BCUT2D eigenvalue weighted by atomic mass is 10.2. The van der Waals surface area contributed by atoms with Gasteiger partial charge >= 0.3 is 0 Å². The average Bonchev–Trinajstić information content (AvgIpc) is 2.08. The Balaban J connectivity index is 2.41. The summed E-state index contributed by atoms with van der Waals surface area (Å²) >= 11 is 2.34. The van der Waals surface area contributed by atoms with Crippen LogP contribution < -0.4 is 0 Å². The molecule has 0 saturated heterocycles. The van der Waals surface area contributed by atoms with E-state index >= 15 is 0 Å². The molecule has 0 aliphatic carbocycles. The number of benzene rings is 1. The van der Waals surface area contributed by atoms with Crippen molar-refractivity contribution in [2.45, 2.75) is 20.5 Å². The summed E-state index contributed by atoms with van der Waals surface area (Å²) in [5.74, 6) is 0.612. The van der Waals surface area contributed by atoms with E-state index in [1.54, 1.807) is 0 Å². The van der Waals surface area contributed by atoms with E-state index in [2.05, 4.69) is 54.6 Å². The Kier molecular flexibility index (Phi) is 4.73. The van der Waals surface area contributed by atoms with Crippen molar-refractivity contribution >= 4 is 22.6 Å². The second kappa shape index (κ2) is 5.60. The Labute approximate surface area is 93.6 Å². The van der Waals surface area contributed by atoms with E-state index < -0.39 is 0 Å². The van der Waals surface area contributed by atoms with Crippen molar-refractivity contribution < 1.29 is 4.74 Å². The molecule has 1 aromatic carbocycles. The zero-order chi connectivity index (χ0) is 9.68. The van der Waals surface area contributed by atoms with Crippen LogP contribution in [0, 0.1) is 9.49 Å². The highest BCUT2D eigenvalue weighted by molar-refractivity contribution is 14.1. The Bertz CT molecular complexity index is 258. The molecule has 0 atom stereocenters. The molecule has 0 aliphatic heterocycles. The molecular weight excluding hydrogens is 275 g/mol. The van der Waals surface area contributed by atoms with Gasteiger partial charge in [0.1, 0.15) is 0 Å². The van der Waals surface area contributed by atoms with Gasteiger partial charge < -0.3 is 4.74 Å². The third-order valence-corrected chi connectivity index (χ3v) is 2.72. The van der Waals surface area contributed by atoms with E-state index in [1.807, 2.05) is 6.07 Å². The lowest BCUT2D eigenvalue weighted by Crippen LogP contribution is -2.02. The van der Waals surface area contributed by atoms with E-state index in [0.717, 1.165) is 13.2 Å². The van der Waals surface area contributed by atoms with Gasteiger partial charge in [-0.2, -0.15) is 0 Å². The first-order valence-electron chi connectivity index (χ1n) is 4.51. The Morgan fingerprint density at radius 3 is 2.62 bits per heavy atom. The van der Waals surface area contributed by atoms with Crippen molar-refractivity contribution in [1.29, 1.82) is 0 Å². The fraction of sp³-hybridized carbons (Fsp3) is 0.455. The molecule has 0 unspecified atom stereocenters. The van der Waals surface area contributed by atoms with Gasteiger partial charge in [-0.15, -0.1) is 0 Å². The Hall–Kier alpha value is -0.0900. The minimum absolute atomic E-state index is 0.612. The molecule has 0 N–H and O–H groups in total. The molecule has 1 nitrogen and oxygen atoms in total. The van der Waals surface area contributed by atoms with E-state index in [0.29, 0.717) is 5.92 Å². The molecule has 0 radical (unpaired) electrons. The maximum absolute atomic E-state index is 5.56. The van der Waals surface area contributed by atoms with Gasteiger partial charge in [-0.1, -0.05) is 32.0 Å². The fourth-order valence-corrected chi connectivity index (χ4v) is 1.56. The van der Waals surface area contributed by atoms with Crippen LogP contribution in [0.3, 0.4) is 0 Å². The smallest absolute Gasteiger partial charge is 0.0727 e. The zero-order valence-electron chi connectivity index (χ0n) is 8.09. The normalized spacial score (nSPS) is 10.8. The molecule has 2 heteroatoms. The largest absolute Gasteiger partial charge is 0.376 e. The molecule has 0 spiro atoms. The number of hydrogen-bond acceptors (Lipinski definition) is 1. The molecule has 1 rings (SSSR count). The summed E-state index contributed by atoms with van der Waals surface area (Å²) in [5, 5.41) is 0. The molecule has 0 heterocycles. The predicted molar refractivity (Wildman–Crippen MR) is 63.7 cm³/mol. The summed E-state index contributed by atoms with van der Waals surface area (Å²) in [6.45, 7) is 5.90. The van der Waals surface area contributed by atoms with Gasteiger partial charge in [0.2, 0.25) is 0 Å². The van der Waals surface area contributed by atoms with Crippen LogP contribution in [0.15, 0.2) is 24.3 Å². The molecule has 0 aliphatic rings. The van der Waals surface area contributed by atoms with E-state index in [9.17, 15) is 0 Å². The first-order chi connectivity index (χ1) is 6.20. The van der Waals surface area contributed by atoms with Crippen LogP contribution in [0.4, 0.5) is 0 Å². The van der Waals surface area contributed by atoms with Crippen LogP contribution in [0.1, 0.15) is 19.4 Å². The number of ether oxygens (including phenoxy) is 1. The molecular formula is C11H15IO. The molecule has 0 saturated carbocycles. The molecule has 0 fully saturated rings. The lowest BCUT2D eigenvalue weighted by molar-refractivity contribution is 0.0967. The van der Waals surface area contributed by atoms with Crippen molar-refractivity contribution in [3.63, 3.8) is 0 Å². The third-order valence-electron chi connectivity index (χ3n) is 1.67. The van der Waals surface area contributed by atoms with Crippen molar-refractivity contribution in [3.8, 4) is 0 Å². The summed E-state index contributed by atoms with van der Waals surface area (Å²) in [5.41, 5.74) is 1.28. The standard InChI is InChI=1S/C11H15IO/c1-9(2)7-13-8-10-5-3-4-6-11(10)12/h3-6,9H,7-8H2,1-2H3. The van der Waals surface area contributed by atoms with Crippen molar-refractivity contribution in [2.24, 2.45) is 5.92 Å². The van der Waals surface area contributed by atoms with Crippen LogP contribution in [0.5, 0.6) is 0 Å². The number of rotatable bonds is 4. The SMILES string of the molecule is CC(C)COCc1ccccc1I. The summed E-state index contributed by atoms with van der Waals surface area (Å²) in [7, 11) is 0. The van der Waals surface area contributed by atoms with Gasteiger partial charge in [-0.05, 0) is 40.1 Å². The minimum atomic E-state index is 0.612. The molecule has 1 aromatic rings. The Morgan fingerprint density at radius 2 is 2.00 bits per heavy atom. The quantitative estimate of drug-likeness (QED) is 0.772. The van der Waals surface area contributed by atoms with Gasteiger partial charge in [0, 0.05) is 10.2 Å². The van der Waals surface area contributed by atoms with Crippen LogP contribution >= 0.6 is 22.6 Å². The van der Waals surface area contributed by atoms with Crippen molar-refractivity contribution in [1.82, 2.24) is 0 Å². The second-order valence-electron chi connectivity index (χ2n) is 3.50. The molecule has 0 aromatic heterocycles. The highest BCUT2D eigenvalue weighted by Gasteiger charge is 1.99. The maximum atomic E-state index is 5.56. The van der Waals surface area contributed by atoms with Crippen LogP contribution in [0.25, 0.3) is 0 Å². The van der Waals surface area contributed by atoms with Gasteiger partial charge in [0.25, 0.3) is 0 Å². The summed E-state index contributed by atoms with van der Waals surface area (Å²) in [6.07, 6.45) is 0. The highest BCUT2D eigenvalue weighted by Crippen LogP contribution is 2.12. The number of halogens is 1. The van der Waals surface area contributed by atoms with Crippen LogP contribution in [-0.4, -0.2) is 6.61 Å². The lowest BCUT2D eigenvalue weighted by Gasteiger charge is -2.07. The first-order valence-corrected chi connectivity index (χ1v) is 5.59. The molecule has 0 bridgehead atoms. The Morgan fingerprint density at radius 1 is 1.31 bits per heavy atom. The van der Waals surface area contributed by atoms with E-state index in [4.69, 9.17) is 4.74 Å².